The number of benzene rings is 1. The summed E-state index contributed by atoms with van der Waals surface area (Å²) in [6.45, 7) is 6.59. The number of Topliss-reactive ketones (excluding diaryl/α,β-unsaturated/α-hetero) is 1. The van der Waals surface area contributed by atoms with Crippen molar-refractivity contribution in [3.63, 3.8) is 0 Å². The van der Waals surface area contributed by atoms with Crippen LogP contribution in [0.15, 0.2) is 52.9 Å². The highest BCUT2D eigenvalue weighted by molar-refractivity contribution is 6.04. The lowest BCUT2D eigenvalue weighted by Gasteiger charge is -2.39. The molecule has 1 N–H and O–H groups in total. The average Bonchev–Trinajstić information content (AvgIpc) is 2.60. The Labute approximate surface area is 160 Å². The Hall–Kier alpha value is -2.40. The van der Waals surface area contributed by atoms with Crippen LogP contribution in [0.1, 0.15) is 45.1 Å². The molecule has 1 aromatic carbocycles. The fourth-order valence-electron chi connectivity index (χ4n) is 3.98. The highest BCUT2D eigenvalue weighted by Crippen LogP contribution is 2.46. The number of esters is 1. The van der Waals surface area contributed by atoms with Gasteiger partial charge in [0.2, 0.25) is 0 Å². The van der Waals surface area contributed by atoms with Crippen LogP contribution in [-0.4, -0.2) is 32.1 Å². The molecular formula is C22H27NO4. The van der Waals surface area contributed by atoms with Crippen molar-refractivity contribution < 1.29 is 19.1 Å². The van der Waals surface area contributed by atoms with Gasteiger partial charge in [-0.25, -0.2) is 4.79 Å². The van der Waals surface area contributed by atoms with Crippen LogP contribution in [0.4, 0.5) is 0 Å². The lowest BCUT2D eigenvalue weighted by molar-refractivity contribution is -0.140. The second-order valence-electron chi connectivity index (χ2n) is 7.97. The molecule has 0 aromatic heterocycles. The zero-order valence-electron chi connectivity index (χ0n) is 16.4. The number of rotatable bonds is 5. The first-order valence-corrected chi connectivity index (χ1v) is 9.29. The van der Waals surface area contributed by atoms with Gasteiger partial charge >= 0.3 is 5.97 Å². The maximum atomic E-state index is 13.1. The van der Waals surface area contributed by atoms with Crippen molar-refractivity contribution in [3.8, 4) is 0 Å². The molecule has 2 aliphatic rings. The number of carbonyl (C=O) groups is 2. The summed E-state index contributed by atoms with van der Waals surface area (Å²) in [7, 11) is 1.56. The van der Waals surface area contributed by atoms with Gasteiger partial charge in [0.25, 0.3) is 0 Å². The van der Waals surface area contributed by atoms with E-state index in [0.29, 0.717) is 24.2 Å². The maximum absolute atomic E-state index is 13.1. The molecule has 0 bridgehead atoms. The van der Waals surface area contributed by atoms with Gasteiger partial charge in [-0.05, 0) is 24.3 Å². The van der Waals surface area contributed by atoms with Crippen molar-refractivity contribution in [3.05, 3.63) is 58.4 Å². The van der Waals surface area contributed by atoms with Gasteiger partial charge in [-0.1, -0.05) is 44.2 Å². The summed E-state index contributed by atoms with van der Waals surface area (Å²) >= 11 is 0. The zero-order chi connectivity index (χ0) is 19.6. The van der Waals surface area contributed by atoms with Crippen LogP contribution >= 0.6 is 0 Å². The fourth-order valence-corrected chi connectivity index (χ4v) is 3.98. The Balaban J connectivity index is 2.06. The average molecular weight is 369 g/mol. The minimum Gasteiger partial charge on any atom is -0.460 e. The molecular weight excluding hydrogens is 342 g/mol. The molecule has 1 aromatic rings. The van der Waals surface area contributed by atoms with E-state index in [4.69, 9.17) is 9.47 Å². The fraction of sp³-hybridized carbons (Fsp3) is 0.455. The summed E-state index contributed by atoms with van der Waals surface area (Å²) in [4.78, 5) is 25.9. The Kier molecular flexibility index (Phi) is 5.51. The molecule has 144 valence electrons. The predicted molar refractivity (Wildman–Crippen MR) is 103 cm³/mol. The predicted octanol–water partition coefficient (Wildman–Crippen LogP) is 3.48. The Morgan fingerprint density at radius 1 is 1.19 bits per heavy atom. The Morgan fingerprint density at radius 3 is 2.56 bits per heavy atom. The van der Waals surface area contributed by atoms with Gasteiger partial charge in [-0.3, -0.25) is 4.79 Å². The third-order valence-electron chi connectivity index (χ3n) is 5.11. The Morgan fingerprint density at radius 2 is 1.89 bits per heavy atom. The van der Waals surface area contributed by atoms with Crippen LogP contribution < -0.4 is 5.32 Å². The Bertz CT molecular complexity index is 805. The molecule has 27 heavy (non-hydrogen) atoms. The summed E-state index contributed by atoms with van der Waals surface area (Å²) < 4.78 is 10.4. The quantitative estimate of drug-likeness (QED) is 0.636. The largest absolute Gasteiger partial charge is 0.460 e. The topological polar surface area (TPSA) is 64.6 Å². The van der Waals surface area contributed by atoms with E-state index >= 15 is 0 Å². The van der Waals surface area contributed by atoms with Crippen LogP contribution in [-0.2, 0) is 19.1 Å². The van der Waals surface area contributed by atoms with E-state index in [2.05, 4.69) is 19.2 Å². The summed E-state index contributed by atoms with van der Waals surface area (Å²) in [5.74, 6) is -0.714. The molecule has 1 atom stereocenters. The maximum Gasteiger partial charge on any atom is 0.336 e. The normalized spacial score (nSPS) is 21.6. The van der Waals surface area contributed by atoms with Gasteiger partial charge in [0, 0.05) is 36.4 Å². The second-order valence-corrected chi connectivity index (χ2v) is 7.97. The molecule has 3 rings (SSSR count). The lowest BCUT2D eigenvalue weighted by atomic mass is 9.68. The van der Waals surface area contributed by atoms with E-state index in [1.54, 1.807) is 7.11 Å². The molecule has 5 nitrogen and oxygen atoms in total. The molecule has 1 aliphatic heterocycles. The molecule has 0 fully saturated rings. The van der Waals surface area contributed by atoms with Crippen LogP contribution in [0.3, 0.4) is 0 Å². The number of ether oxygens (including phenoxy) is 2. The molecule has 1 heterocycles. The summed E-state index contributed by atoms with van der Waals surface area (Å²) in [5, 5.41) is 3.33. The monoisotopic (exact) mass is 369 g/mol. The summed E-state index contributed by atoms with van der Waals surface area (Å²) in [6, 6.07) is 9.71. The van der Waals surface area contributed by atoms with Crippen LogP contribution in [0.5, 0.6) is 0 Å². The number of nitrogens with one attached hydrogen (secondary N) is 1. The van der Waals surface area contributed by atoms with Gasteiger partial charge in [0.05, 0.1) is 12.2 Å². The van der Waals surface area contributed by atoms with Crippen molar-refractivity contribution in [2.24, 2.45) is 5.41 Å². The third kappa shape index (κ3) is 3.98. The number of hydrogen-bond donors (Lipinski definition) is 1. The second kappa shape index (κ2) is 7.69. The lowest BCUT2D eigenvalue weighted by Crippen LogP contribution is -2.38. The van der Waals surface area contributed by atoms with E-state index in [1.165, 1.54) is 0 Å². The standard InChI is InChI=1S/C22H27NO4/c1-14-18(21(25)27-11-10-26-4)19(15-8-6-5-7-9-15)20-16(23-14)12-22(2,3)13-17(20)24/h5-9,19,23H,10-13H2,1-4H3. The van der Waals surface area contributed by atoms with E-state index in [1.807, 2.05) is 37.3 Å². The number of hydrogen-bond acceptors (Lipinski definition) is 5. The van der Waals surface area contributed by atoms with Crippen molar-refractivity contribution in [2.45, 2.75) is 39.5 Å². The number of dihydropyridines is 1. The van der Waals surface area contributed by atoms with E-state index in [9.17, 15) is 9.59 Å². The van der Waals surface area contributed by atoms with E-state index in [0.717, 1.165) is 23.4 Å². The summed E-state index contributed by atoms with van der Waals surface area (Å²) in [5.41, 5.74) is 3.71. The molecule has 0 saturated carbocycles. The molecule has 1 unspecified atom stereocenters. The van der Waals surface area contributed by atoms with Gasteiger partial charge in [-0.2, -0.15) is 0 Å². The molecule has 0 amide bonds. The minimum atomic E-state index is -0.407. The molecule has 1 aliphatic carbocycles. The van der Waals surface area contributed by atoms with Crippen LogP contribution in [0.2, 0.25) is 0 Å². The van der Waals surface area contributed by atoms with Crippen molar-refractivity contribution >= 4 is 11.8 Å². The molecule has 0 saturated heterocycles. The number of carbonyl (C=O) groups excluding carboxylic acids is 2. The molecule has 0 spiro atoms. The number of methoxy groups -OCH3 is 1. The van der Waals surface area contributed by atoms with Crippen molar-refractivity contribution in [1.82, 2.24) is 5.32 Å². The minimum absolute atomic E-state index is 0.0947. The van der Waals surface area contributed by atoms with Gasteiger partial charge < -0.3 is 14.8 Å². The highest BCUT2D eigenvalue weighted by Gasteiger charge is 2.43. The van der Waals surface area contributed by atoms with Gasteiger partial charge in [-0.15, -0.1) is 0 Å². The smallest absolute Gasteiger partial charge is 0.336 e. The van der Waals surface area contributed by atoms with Gasteiger partial charge in [0.15, 0.2) is 5.78 Å². The first-order valence-electron chi connectivity index (χ1n) is 9.29. The summed E-state index contributed by atoms with van der Waals surface area (Å²) in [6.07, 6.45) is 1.25. The van der Waals surface area contributed by atoms with E-state index < -0.39 is 11.9 Å². The van der Waals surface area contributed by atoms with Crippen molar-refractivity contribution in [2.75, 3.05) is 20.3 Å². The van der Waals surface area contributed by atoms with Gasteiger partial charge in [0.1, 0.15) is 6.61 Å². The third-order valence-corrected chi connectivity index (χ3v) is 5.11. The van der Waals surface area contributed by atoms with E-state index in [-0.39, 0.29) is 17.8 Å². The van der Waals surface area contributed by atoms with Crippen LogP contribution in [0, 0.1) is 5.41 Å². The molecule has 5 heteroatoms. The number of allylic oxidation sites excluding steroid dienone is 3. The first kappa shape index (κ1) is 19.4. The molecule has 0 radical (unpaired) electrons. The highest BCUT2D eigenvalue weighted by atomic mass is 16.6. The van der Waals surface area contributed by atoms with Crippen LogP contribution in [0.25, 0.3) is 0 Å². The first-order chi connectivity index (χ1) is 12.8. The zero-order valence-corrected chi connectivity index (χ0v) is 16.4. The van der Waals surface area contributed by atoms with Crippen molar-refractivity contribution in [1.29, 1.82) is 0 Å². The SMILES string of the molecule is COCCOC(=O)C1=C(C)NC2=C(C(=O)CC(C)(C)C2)C1c1ccccc1. The number of ketones is 1.